The van der Waals surface area contributed by atoms with Crippen LogP contribution in [0.1, 0.15) is 17.2 Å². The molecule has 2 aromatic carbocycles. The van der Waals surface area contributed by atoms with Crippen LogP contribution in [0.3, 0.4) is 0 Å². The van der Waals surface area contributed by atoms with Gasteiger partial charge >= 0.3 is 0 Å². The number of hydrogen-bond donors (Lipinski definition) is 2. The van der Waals surface area contributed by atoms with Gasteiger partial charge in [0.05, 0.1) is 19.3 Å². The normalized spacial score (nSPS) is 22.9. The summed E-state index contributed by atoms with van der Waals surface area (Å²) >= 11 is 5.49. The molecule has 1 saturated heterocycles. The first-order chi connectivity index (χ1) is 16.6. The molecule has 0 aliphatic carbocycles. The highest BCUT2D eigenvalue weighted by molar-refractivity contribution is 7.80. The third-order valence-electron chi connectivity index (χ3n) is 6.58. The van der Waals surface area contributed by atoms with E-state index < -0.39 is 0 Å². The lowest BCUT2D eigenvalue weighted by Gasteiger charge is -2.41. The van der Waals surface area contributed by atoms with Crippen LogP contribution in [0.25, 0.3) is 6.08 Å². The molecule has 1 unspecified atom stereocenters. The van der Waals surface area contributed by atoms with E-state index in [1.165, 1.54) is 12.1 Å². The molecule has 3 aliphatic rings. The number of benzene rings is 2. The number of halogens is 2. The summed E-state index contributed by atoms with van der Waals surface area (Å²) in [5, 5.41) is 6.99. The zero-order valence-electron chi connectivity index (χ0n) is 18.9. The summed E-state index contributed by atoms with van der Waals surface area (Å²) in [5.74, 6) is -0.550. The van der Waals surface area contributed by atoms with Gasteiger partial charge in [0.1, 0.15) is 11.6 Å². The van der Waals surface area contributed by atoms with E-state index in [2.05, 4.69) is 20.4 Å². The highest BCUT2D eigenvalue weighted by Gasteiger charge is 2.34. The Morgan fingerprint density at radius 3 is 2.41 bits per heavy atom. The molecule has 34 heavy (non-hydrogen) atoms. The minimum absolute atomic E-state index is 0.273. The van der Waals surface area contributed by atoms with Crippen LogP contribution < -0.4 is 10.6 Å². The molecule has 5 nitrogen and oxygen atoms in total. The van der Waals surface area contributed by atoms with Crippen molar-refractivity contribution in [2.75, 3.05) is 52.5 Å². The molecule has 1 fully saturated rings. The molecule has 0 amide bonds. The van der Waals surface area contributed by atoms with E-state index >= 15 is 0 Å². The molecule has 0 bridgehead atoms. The van der Waals surface area contributed by atoms with Crippen LogP contribution >= 0.6 is 12.2 Å². The first-order valence-electron chi connectivity index (χ1n) is 11.6. The Bertz CT molecular complexity index is 1130. The number of nitrogens with zero attached hydrogens (tertiary/aromatic N) is 2. The van der Waals surface area contributed by atoms with Gasteiger partial charge in [-0.05, 0) is 41.6 Å². The topological polar surface area (TPSA) is 39.8 Å². The minimum Gasteiger partial charge on any atom is -0.379 e. The van der Waals surface area contributed by atoms with E-state index in [9.17, 15) is 8.78 Å². The smallest absolute Gasteiger partial charge is 0.171 e. The molecular formula is C26H28F2N4OS. The van der Waals surface area contributed by atoms with Crippen molar-refractivity contribution in [1.29, 1.82) is 0 Å². The molecule has 1 atom stereocenters. The van der Waals surface area contributed by atoms with Gasteiger partial charge in [-0.15, -0.1) is 0 Å². The maximum Gasteiger partial charge on any atom is 0.171 e. The summed E-state index contributed by atoms with van der Waals surface area (Å²) in [6.07, 6.45) is 1.88. The van der Waals surface area contributed by atoms with Gasteiger partial charge in [0.2, 0.25) is 0 Å². The molecule has 8 heteroatoms. The molecule has 3 heterocycles. The van der Waals surface area contributed by atoms with E-state index in [0.29, 0.717) is 29.3 Å². The summed E-state index contributed by atoms with van der Waals surface area (Å²) in [7, 11) is 0. The summed E-state index contributed by atoms with van der Waals surface area (Å²) in [6.45, 7) is 6.45. The second-order valence-electron chi connectivity index (χ2n) is 8.81. The van der Waals surface area contributed by atoms with Gasteiger partial charge in [0.25, 0.3) is 0 Å². The standard InChI is InChI=1S/C26H28F2N4OS/c27-22-7-3-1-5-18(22)15-19-16-32(10-9-31-11-13-33-14-12-31)17-21-24(19)29-26(34)30-25(21)20-6-2-4-8-23(20)28/h1-8,15,25H,9-14,16-17H2,(H2,29,30,34)/b19-15+. The predicted octanol–water partition coefficient (Wildman–Crippen LogP) is 3.47. The molecule has 0 radical (unpaired) electrons. The molecular weight excluding hydrogens is 454 g/mol. The zero-order chi connectivity index (χ0) is 23.5. The maximum absolute atomic E-state index is 14.8. The Kier molecular flexibility index (Phi) is 7.01. The highest BCUT2D eigenvalue weighted by Crippen LogP contribution is 2.35. The van der Waals surface area contributed by atoms with E-state index in [1.807, 2.05) is 18.2 Å². The fourth-order valence-electron chi connectivity index (χ4n) is 4.80. The van der Waals surface area contributed by atoms with Crippen LogP contribution in [-0.4, -0.2) is 67.4 Å². The van der Waals surface area contributed by atoms with Crippen molar-refractivity contribution < 1.29 is 13.5 Å². The SMILES string of the molecule is Fc1ccccc1/C=C1\CN(CCN2CCOCC2)CC2=C1NC(=S)NC2c1ccccc1F. The number of nitrogens with one attached hydrogen (secondary N) is 2. The van der Waals surface area contributed by atoms with Gasteiger partial charge < -0.3 is 15.4 Å². The lowest BCUT2D eigenvalue weighted by molar-refractivity contribution is 0.0339. The van der Waals surface area contributed by atoms with Crippen LogP contribution in [0, 0.1) is 11.6 Å². The Morgan fingerprint density at radius 2 is 1.65 bits per heavy atom. The molecule has 0 aromatic heterocycles. The van der Waals surface area contributed by atoms with Crippen LogP contribution in [0.4, 0.5) is 8.78 Å². The van der Waals surface area contributed by atoms with E-state index in [1.54, 1.807) is 24.3 Å². The van der Waals surface area contributed by atoms with Crippen molar-refractivity contribution in [2.45, 2.75) is 6.04 Å². The maximum atomic E-state index is 14.8. The van der Waals surface area contributed by atoms with Crippen molar-refractivity contribution in [2.24, 2.45) is 0 Å². The molecule has 2 aromatic rings. The average molecular weight is 483 g/mol. The summed E-state index contributed by atoms with van der Waals surface area (Å²) in [4.78, 5) is 4.74. The van der Waals surface area contributed by atoms with Crippen LogP contribution in [-0.2, 0) is 4.74 Å². The van der Waals surface area contributed by atoms with Crippen molar-refractivity contribution in [3.8, 4) is 0 Å². The Morgan fingerprint density at radius 1 is 0.941 bits per heavy atom. The third-order valence-corrected chi connectivity index (χ3v) is 6.80. The molecule has 0 saturated carbocycles. The van der Waals surface area contributed by atoms with Crippen molar-refractivity contribution >= 4 is 23.4 Å². The van der Waals surface area contributed by atoms with Crippen LogP contribution in [0.2, 0.25) is 0 Å². The monoisotopic (exact) mass is 482 g/mol. The Labute approximate surface area is 204 Å². The Hall–Kier alpha value is -2.65. The first kappa shape index (κ1) is 23.1. The number of morpholine rings is 1. The summed E-state index contributed by atoms with van der Waals surface area (Å²) in [5.41, 5.74) is 3.89. The molecule has 2 N–H and O–H groups in total. The first-order valence-corrected chi connectivity index (χ1v) is 12.0. The molecule has 178 valence electrons. The molecule has 5 rings (SSSR count). The van der Waals surface area contributed by atoms with Crippen molar-refractivity contribution in [3.63, 3.8) is 0 Å². The van der Waals surface area contributed by atoms with Crippen molar-refractivity contribution in [1.82, 2.24) is 20.4 Å². The third kappa shape index (κ3) is 5.05. The second kappa shape index (κ2) is 10.3. The molecule has 3 aliphatic heterocycles. The summed E-state index contributed by atoms with van der Waals surface area (Å²) in [6, 6.07) is 13.1. The van der Waals surface area contributed by atoms with Crippen LogP contribution in [0.5, 0.6) is 0 Å². The second-order valence-corrected chi connectivity index (χ2v) is 9.22. The average Bonchev–Trinajstić information content (AvgIpc) is 2.85. The van der Waals surface area contributed by atoms with E-state index in [4.69, 9.17) is 17.0 Å². The van der Waals surface area contributed by atoms with Gasteiger partial charge in [-0.25, -0.2) is 8.78 Å². The fourth-order valence-corrected chi connectivity index (χ4v) is 5.02. The van der Waals surface area contributed by atoms with E-state index in [-0.39, 0.29) is 17.7 Å². The van der Waals surface area contributed by atoms with E-state index in [0.717, 1.165) is 56.2 Å². The van der Waals surface area contributed by atoms with Gasteiger partial charge in [-0.2, -0.15) is 0 Å². The lowest BCUT2D eigenvalue weighted by atomic mass is 9.88. The zero-order valence-corrected chi connectivity index (χ0v) is 19.7. The fraction of sp³-hybridized carbons (Fsp3) is 0.346. The van der Waals surface area contributed by atoms with Crippen molar-refractivity contribution in [3.05, 3.63) is 88.1 Å². The van der Waals surface area contributed by atoms with Gasteiger partial charge in [0.15, 0.2) is 5.11 Å². The quantitative estimate of drug-likeness (QED) is 0.636. The summed E-state index contributed by atoms with van der Waals surface area (Å²) < 4.78 is 34.8. The number of ether oxygens (including phenoxy) is 1. The van der Waals surface area contributed by atoms with Crippen LogP contribution in [0.15, 0.2) is 65.4 Å². The number of thiocarbonyl (C=S) groups is 1. The van der Waals surface area contributed by atoms with Gasteiger partial charge in [-0.3, -0.25) is 9.80 Å². The Balaban J connectivity index is 1.51. The number of hydrogen-bond acceptors (Lipinski definition) is 4. The predicted molar refractivity (Wildman–Crippen MR) is 133 cm³/mol. The highest BCUT2D eigenvalue weighted by atomic mass is 32.1. The van der Waals surface area contributed by atoms with Gasteiger partial charge in [-0.1, -0.05) is 36.4 Å². The molecule has 0 spiro atoms. The number of rotatable bonds is 5. The lowest BCUT2D eigenvalue weighted by Crippen LogP contribution is -2.51. The van der Waals surface area contributed by atoms with Gasteiger partial charge in [0, 0.05) is 56.1 Å². The minimum atomic E-state index is -0.389. The largest absolute Gasteiger partial charge is 0.379 e.